The van der Waals surface area contributed by atoms with Crippen LogP contribution in [-0.4, -0.2) is 51.6 Å². The molecule has 2 atom stereocenters. The Morgan fingerprint density at radius 1 is 1.00 bits per heavy atom. The second kappa shape index (κ2) is 7.93. The summed E-state index contributed by atoms with van der Waals surface area (Å²) in [6, 6.07) is 13.4. The van der Waals surface area contributed by atoms with Crippen molar-refractivity contribution in [3.05, 3.63) is 59.7 Å². The molecule has 2 aromatic carbocycles. The summed E-state index contributed by atoms with van der Waals surface area (Å²) in [4.78, 5) is 14.8. The van der Waals surface area contributed by atoms with Crippen LogP contribution in [0, 0.1) is 6.92 Å². The normalized spacial score (nSPS) is 20.1. The van der Waals surface area contributed by atoms with E-state index in [9.17, 15) is 13.2 Å². The first-order valence-corrected chi connectivity index (χ1v) is 10.7. The van der Waals surface area contributed by atoms with E-state index in [0.29, 0.717) is 24.3 Å². The zero-order chi connectivity index (χ0) is 20.5. The molecule has 1 heterocycles. The molecule has 0 N–H and O–H groups in total. The zero-order valence-corrected chi connectivity index (χ0v) is 17.4. The maximum Gasteiger partial charge on any atom is 0.264 e. The average molecular weight is 403 g/mol. The fraction of sp³-hybridized carbons (Fsp3) is 0.381. The van der Waals surface area contributed by atoms with Crippen LogP contribution in [0.15, 0.2) is 53.4 Å². The standard InChI is InChI=1S/C21H26N2O4S/c1-15-5-11-20(12-6-15)28(25,26)22(4)19-9-7-18(8-10-19)21(24)23-13-16(2)27-17(3)14-23/h5-12,16-17H,13-14H2,1-4H3/t16-,17+. The topological polar surface area (TPSA) is 66.9 Å². The van der Waals surface area contributed by atoms with E-state index in [2.05, 4.69) is 0 Å². The Morgan fingerprint density at radius 3 is 2.07 bits per heavy atom. The summed E-state index contributed by atoms with van der Waals surface area (Å²) >= 11 is 0. The van der Waals surface area contributed by atoms with Crippen molar-refractivity contribution in [3.8, 4) is 0 Å². The van der Waals surface area contributed by atoms with E-state index in [-0.39, 0.29) is 23.0 Å². The second-order valence-corrected chi connectivity index (χ2v) is 9.27. The third-order valence-electron chi connectivity index (χ3n) is 4.86. The number of anilines is 1. The molecule has 1 fully saturated rings. The number of rotatable bonds is 4. The number of carbonyl (C=O) groups excluding carboxylic acids is 1. The molecular formula is C21H26N2O4S. The number of ether oxygens (including phenoxy) is 1. The fourth-order valence-corrected chi connectivity index (χ4v) is 4.54. The number of nitrogens with zero attached hydrogens (tertiary/aromatic N) is 2. The summed E-state index contributed by atoms with van der Waals surface area (Å²) in [5.74, 6) is -0.0717. The Hall–Kier alpha value is -2.38. The van der Waals surface area contributed by atoms with E-state index in [4.69, 9.17) is 4.74 Å². The van der Waals surface area contributed by atoms with Crippen LogP contribution >= 0.6 is 0 Å². The van der Waals surface area contributed by atoms with Gasteiger partial charge >= 0.3 is 0 Å². The maximum atomic E-state index is 12.8. The van der Waals surface area contributed by atoms with Gasteiger partial charge in [-0.05, 0) is 57.2 Å². The molecule has 0 spiro atoms. The van der Waals surface area contributed by atoms with Gasteiger partial charge in [-0.1, -0.05) is 17.7 Å². The molecule has 0 bridgehead atoms. The highest BCUT2D eigenvalue weighted by Crippen LogP contribution is 2.23. The average Bonchev–Trinajstić information content (AvgIpc) is 2.66. The molecule has 0 radical (unpaired) electrons. The molecule has 0 saturated carbocycles. The van der Waals surface area contributed by atoms with Crippen molar-refractivity contribution >= 4 is 21.6 Å². The number of hydrogen-bond donors (Lipinski definition) is 0. The van der Waals surface area contributed by atoms with Crippen molar-refractivity contribution in [2.75, 3.05) is 24.4 Å². The first-order valence-electron chi connectivity index (χ1n) is 9.29. The molecule has 1 saturated heterocycles. The van der Waals surface area contributed by atoms with Crippen molar-refractivity contribution in [1.29, 1.82) is 0 Å². The van der Waals surface area contributed by atoms with E-state index in [1.807, 2.05) is 20.8 Å². The lowest BCUT2D eigenvalue weighted by Gasteiger charge is -2.35. The van der Waals surface area contributed by atoms with E-state index in [0.717, 1.165) is 5.56 Å². The van der Waals surface area contributed by atoms with Gasteiger partial charge in [0.2, 0.25) is 0 Å². The molecule has 28 heavy (non-hydrogen) atoms. The zero-order valence-electron chi connectivity index (χ0n) is 16.6. The van der Waals surface area contributed by atoms with Crippen LogP contribution in [0.4, 0.5) is 5.69 Å². The second-order valence-electron chi connectivity index (χ2n) is 7.30. The summed E-state index contributed by atoms with van der Waals surface area (Å²) in [5, 5.41) is 0. The van der Waals surface area contributed by atoms with Crippen molar-refractivity contribution in [1.82, 2.24) is 4.90 Å². The minimum atomic E-state index is -3.66. The van der Waals surface area contributed by atoms with E-state index in [1.54, 1.807) is 53.4 Å². The van der Waals surface area contributed by atoms with Crippen LogP contribution in [0.25, 0.3) is 0 Å². The Morgan fingerprint density at radius 2 is 1.54 bits per heavy atom. The summed E-state index contributed by atoms with van der Waals surface area (Å²) in [6.45, 7) is 6.90. The first-order chi connectivity index (χ1) is 13.2. The van der Waals surface area contributed by atoms with Crippen LogP contribution in [0.5, 0.6) is 0 Å². The SMILES string of the molecule is Cc1ccc(S(=O)(=O)N(C)c2ccc(C(=O)N3C[C@@H](C)O[C@@H](C)C3)cc2)cc1. The van der Waals surface area contributed by atoms with Gasteiger partial charge in [0.15, 0.2) is 0 Å². The van der Waals surface area contributed by atoms with Gasteiger partial charge in [0.05, 0.1) is 22.8 Å². The molecule has 1 aliphatic rings. The lowest BCUT2D eigenvalue weighted by Crippen LogP contribution is -2.48. The Kier molecular flexibility index (Phi) is 5.76. The lowest BCUT2D eigenvalue weighted by molar-refractivity contribution is -0.0586. The number of morpholine rings is 1. The summed E-state index contributed by atoms with van der Waals surface area (Å²) < 4.78 is 32.5. The third kappa shape index (κ3) is 4.20. The number of aryl methyl sites for hydroxylation is 1. The summed E-state index contributed by atoms with van der Waals surface area (Å²) in [7, 11) is -2.14. The molecule has 0 unspecified atom stereocenters. The van der Waals surface area contributed by atoms with Gasteiger partial charge in [0.1, 0.15) is 0 Å². The number of benzene rings is 2. The minimum Gasteiger partial charge on any atom is -0.372 e. The van der Waals surface area contributed by atoms with Crippen molar-refractivity contribution in [2.45, 2.75) is 37.9 Å². The Balaban J connectivity index is 1.78. The maximum absolute atomic E-state index is 12.8. The number of amides is 1. The summed E-state index contributed by atoms with van der Waals surface area (Å²) in [6.07, 6.45) is -0.00415. The minimum absolute atomic E-state index is 0.00208. The van der Waals surface area contributed by atoms with Gasteiger partial charge in [-0.15, -0.1) is 0 Å². The molecule has 1 amide bonds. The van der Waals surface area contributed by atoms with E-state index < -0.39 is 10.0 Å². The van der Waals surface area contributed by atoms with Crippen molar-refractivity contribution in [3.63, 3.8) is 0 Å². The molecular weight excluding hydrogens is 376 g/mol. The number of hydrogen-bond acceptors (Lipinski definition) is 4. The smallest absolute Gasteiger partial charge is 0.264 e. The quantitative estimate of drug-likeness (QED) is 0.788. The van der Waals surface area contributed by atoms with Crippen LogP contribution in [0.1, 0.15) is 29.8 Å². The molecule has 7 heteroatoms. The van der Waals surface area contributed by atoms with Gasteiger partial charge in [-0.2, -0.15) is 0 Å². The lowest BCUT2D eigenvalue weighted by atomic mass is 10.1. The van der Waals surface area contributed by atoms with Crippen LogP contribution in [-0.2, 0) is 14.8 Å². The van der Waals surface area contributed by atoms with Crippen LogP contribution in [0.2, 0.25) is 0 Å². The highest BCUT2D eigenvalue weighted by Gasteiger charge is 2.27. The van der Waals surface area contributed by atoms with Gasteiger partial charge in [-0.25, -0.2) is 8.42 Å². The highest BCUT2D eigenvalue weighted by atomic mass is 32.2. The largest absolute Gasteiger partial charge is 0.372 e. The molecule has 2 aromatic rings. The van der Waals surface area contributed by atoms with Crippen LogP contribution in [0.3, 0.4) is 0 Å². The Labute approximate surface area is 166 Å². The van der Waals surface area contributed by atoms with E-state index >= 15 is 0 Å². The van der Waals surface area contributed by atoms with Gasteiger partial charge < -0.3 is 9.64 Å². The van der Waals surface area contributed by atoms with Crippen molar-refractivity contribution < 1.29 is 17.9 Å². The molecule has 6 nitrogen and oxygen atoms in total. The fourth-order valence-electron chi connectivity index (χ4n) is 3.35. The molecule has 150 valence electrons. The van der Waals surface area contributed by atoms with Gasteiger partial charge in [0.25, 0.3) is 15.9 Å². The monoisotopic (exact) mass is 402 g/mol. The molecule has 1 aliphatic heterocycles. The predicted octanol–water partition coefficient (Wildman–Crippen LogP) is 3.07. The molecule has 0 aromatic heterocycles. The first kappa shape index (κ1) is 20.4. The predicted molar refractivity (Wildman–Crippen MR) is 109 cm³/mol. The van der Waals surface area contributed by atoms with Crippen molar-refractivity contribution in [2.24, 2.45) is 0 Å². The van der Waals surface area contributed by atoms with Gasteiger partial charge in [-0.3, -0.25) is 9.10 Å². The number of sulfonamides is 1. The van der Waals surface area contributed by atoms with Crippen LogP contribution < -0.4 is 4.31 Å². The van der Waals surface area contributed by atoms with E-state index in [1.165, 1.54) is 11.4 Å². The molecule has 3 rings (SSSR count). The third-order valence-corrected chi connectivity index (χ3v) is 6.66. The summed E-state index contributed by atoms with van der Waals surface area (Å²) in [5.41, 5.74) is 2.03. The highest BCUT2D eigenvalue weighted by molar-refractivity contribution is 7.92. The van der Waals surface area contributed by atoms with Gasteiger partial charge in [0, 0.05) is 25.7 Å². The number of carbonyl (C=O) groups is 1. The molecule has 0 aliphatic carbocycles. The Bertz CT molecular complexity index is 929.